The summed E-state index contributed by atoms with van der Waals surface area (Å²) in [6, 6.07) is 3.50. The van der Waals surface area contributed by atoms with E-state index in [1.54, 1.807) is 24.0 Å². The van der Waals surface area contributed by atoms with E-state index in [1.165, 1.54) is 4.68 Å². The second-order valence-corrected chi connectivity index (χ2v) is 4.12. The fourth-order valence-electron chi connectivity index (χ4n) is 1.76. The van der Waals surface area contributed by atoms with Crippen molar-refractivity contribution in [1.29, 1.82) is 0 Å². The van der Waals surface area contributed by atoms with E-state index in [2.05, 4.69) is 20.6 Å². The number of hydrogen-bond acceptors (Lipinski definition) is 5. The Morgan fingerprint density at radius 1 is 1.20 bits per heavy atom. The Labute approximate surface area is 111 Å². The van der Waals surface area contributed by atoms with Gasteiger partial charge in [0.2, 0.25) is 0 Å². The molecule has 3 aromatic rings. The number of nitrogens with zero attached hydrogens (tertiary/aromatic N) is 6. The lowest BCUT2D eigenvalue weighted by Crippen LogP contribution is -2.04. The van der Waals surface area contributed by atoms with E-state index < -0.39 is 11.6 Å². The number of nitrogen functional groups attached to an aromatic ring is 1. The third-order valence-electron chi connectivity index (χ3n) is 2.71. The Bertz CT molecular complexity index is 777. The molecule has 2 heterocycles. The van der Waals surface area contributed by atoms with Gasteiger partial charge in [0.1, 0.15) is 11.6 Å². The summed E-state index contributed by atoms with van der Waals surface area (Å²) < 4.78 is 29.9. The molecule has 0 saturated carbocycles. The first-order valence-electron chi connectivity index (χ1n) is 5.59. The van der Waals surface area contributed by atoms with Gasteiger partial charge in [0.25, 0.3) is 0 Å². The Morgan fingerprint density at radius 2 is 2.00 bits per heavy atom. The van der Waals surface area contributed by atoms with E-state index in [1.807, 2.05) is 0 Å². The van der Waals surface area contributed by atoms with Crippen LogP contribution in [0, 0.1) is 11.6 Å². The monoisotopic (exact) mass is 277 g/mol. The molecule has 2 N–H and O–H groups in total. The van der Waals surface area contributed by atoms with Crippen LogP contribution in [0.15, 0.2) is 24.4 Å². The molecular formula is C11H9F2N7. The first-order valence-corrected chi connectivity index (χ1v) is 5.59. The molecule has 0 spiro atoms. The van der Waals surface area contributed by atoms with Crippen LogP contribution in [0.1, 0.15) is 0 Å². The Kier molecular flexibility index (Phi) is 2.67. The fraction of sp³-hybridized carbons (Fsp3) is 0.0909. The van der Waals surface area contributed by atoms with Crippen LogP contribution in [-0.4, -0.2) is 30.0 Å². The molecule has 1 aromatic carbocycles. The molecule has 0 aliphatic rings. The SMILES string of the molecule is Cn1ccc(-n2nnnc2-c2cc(N)c(F)cc2F)n1. The van der Waals surface area contributed by atoms with Crippen molar-refractivity contribution in [3.8, 4) is 17.2 Å². The second-order valence-electron chi connectivity index (χ2n) is 4.12. The van der Waals surface area contributed by atoms with Gasteiger partial charge < -0.3 is 5.73 Å². The van der Waals surface area contributed by atoms with Crippen molar-refractivity contribution < 1.29 is 8.78 Å². The molecule has 0 aliphatic heterocycles. The van der Waals surface area contributed by atoms with Crippen molar-refractivity contribution in [2.45, 2.75) is 0 Å². The van der Waals surface area contributed by atoms with Crippen molar-refractivity contribution in [1.82, 2.24) is 30.0 Å². The van der Waals surface area contributed by atoms with Crippen molar-refractivity contribution in [2.24, 2.45) is 7.05 Å². The summed E-state index contributed by atoms with van der Waals surface area (Å²) in [6.07, 6.45) is 1.69. The summed E-state index contributed by atoms with van der Waals surface area (Å²) in [5.74, 6) is -1.13. The minimum atomic E-state index is -0.830. The molecule has 0 saturated heterocycles. The lowest BCUT2D eigenvalue weighted by atomic mass is 10.1. The smallest absolute Gasteiger partial charge is 0.191 e. The molecule has 3 rings (SSSR count). The summed E-state index contributed by atoms with van der Waals surface area (Å²) >= 11 is 0. The summed E-state index contributed by atoms with van der Waals surface area (Å²) in [6.45, 7) is 0. The first-order chi connectivity index (χ1) is 9.56. The maximum absolute atomic E-state index is 13.9. The normalized spacial score (nSPS) is 10.9. The number of benzene rings is 1. The highest BCUT2D eigenvalue weighted by atomic mass is 19.1. The molecule has 102 valence electrons. The molecule has 9 heteroatoms. The second kappa shape index (κ2) is 4.37. The molecule has 0 amide bonds. The highest BCUT2D eigenvalue weighted by Gasteiger charge is 2.18. The van der Waals surface area contributed by atoms with Gasteiger partial charge in [-0.15, -0.1) is 5.10 Å². The fourth-order valence-corrected chi connectivity index (χ4v) is 1.76. The number of halogens is 2. The van der Waals surface area contributed by atoms with Gasteiger partial charge in [-0.3, -0.25) is 4.68 Å². The minimum absolute atomic E-state index is 0.000414. The van der Waals surface area contributed by atoms with Gasteiger partial charge >= 0.3 is 0 Å². The average Bonchev–Trinajstić information content (AvgIpc) is 3.02. The molecule has 20 heavy (non-hydrogen) atoms. The molecule has 0 aliphatic carbocycles. The summed E-state index contributed by atoms with van der Waals surface area (Å²) in [4.78, 5) is 0. The molecular weight excluding hydrogens is 268 g/mol. The van der Waals surface area contributed by atoms with Crippen LogP contribution in [0.4, 0.5) is 14.5 Å². The first kappa shape index (κ1) is 12.2. The van der Waals surface area contributed by atoms with Crippen LogP contribution in [0.5, 0.6) is 0 Å². The van der Waals surface area contributed by atoms with E-state index in [-0.39, 0.29) is 17.1 Å². The number of tetrazole rings is 1. The molecule has 2 aromatic heterocycles. The highest BCUT2D eigenvalue weighted by Crippen LogP contribution is 2.25. The van der Waals surface area contributed by atoms with E-state index in [4.69, 9.17) is 5.73 Å². The Balaban J connectivity index is 2.17. The maximum atomic E-state index is 13.9. The van der Waals surface area contributed by atoms with Gasteiger partial charge in [0.05, 0.1) is 11.3 Å². The van der Waals surface area contributed by atoms with Crippen molar-refractivity contribution >= 4 is 5.69 Å². The summed E-state index contributed by atoms with van der Waals surface area (Å²) in [7, 11) is 1.73. The number of aryl methyl sites for hydroxylation is 1. The van der Waals surface area contributed by atoms with Crippen LogP contribution in [0.3, 0.4) is 0 Å². The van der Waals surface area contributed by atoms with E-state index in [0.717, 1.165) is 6.07 Å². The van der Waals surface area contributed by atoms with Crippen molar-refractivity contribution in [2.75, 3.05) is 5.73 Å². The lowest BCUT2D eigenvalue weighted by Gasteiger charge is -2.05. The number of rotatable bonds is 2. The predicted molar refractivity (Wildman–Crippen MR) is 65.7 cm³/mol. The van der Waals surface area contributed by atoms with E-state index >= 15 is 0 Å². The summed E-state index contributed by atoms with van der Waals surface area (Å²) in [5, 5.41) is 15.1. The van der Waals surface area contributed by atoms with Gasteiger partial charge in [-0.1, -0.05) is 0 Å². The molecule has 0 bridgehead atoms. The number of hydrogen-bond donors (Lipinski definition) is 1. The van der Waals surface area contributed by atoms with Crippen LogP contribution in [0.25, 0.3) is 17.2 Å². The van der Waals surface area contributed by atoms with Crippen molar-refractivity contribution in [3.05, 3.63) is 36.0 Å². The maximum Gasteiger partial charge on any atom is 0.191 e. The van der Waals surface area contributed by atoms with E-state index in [9.17, 15) is 8.78 Å². The Hall–Kier alpha value is -2.84. The van der Waals surface area contributed by atoms with Crippen LogP contribution in [0.2, 0.25) is 0 Å². The Morgan fingerprint density at radius 3 is 2.70 bits per heavy atom. The number of anilines is 1. The zero-order valence-corrected chi connectivity index (χ0v) is 10.3. The third kappa shape index (κ3) is 1.88. The molecule has 0 radical (unpaired) electrons. The molecule has 0 unspecified atom stereocenters. The molecule has 0 fully saturated rings. The number of nitrogens with two attached hydrogens (primary N) is 1. The summed E-state index contributed by atoms with van der Waals surface area (Å²) in [5.41, 5.74) is 5.27. The highest BCUT2D eigenvalue weighted by molar-refractivity contribution is 5.63. The van der Waals surface area contributed by atoms with E-state index in [0.29, 0.717) is 11.9 Å². The topological polar surface area (TPSA) is 87.4 Å². The van der Waals surface area contributed by atoms with Gasteiger partial charge in [0, 0.05) is 25.4 Å². The minimum Gasteiger partial charge on any atom is -0.396 e. The zero-order chi connectivity index (χ0) is 14.3. The van der Waals surface area contributed by atoms with Crippen LogP contribution in [-0.2, 0) is 7.05 Å². The van der Waals surface area contributed by atoms with Crippen molar-refractivity contribution in [3.63, 3.8) is 0 Å². The molecule has 7 nitrogen and oxygen atoms in total. The largest absolute Gasteiger partial charge is 0.396 e. The quantitative estimate of drug-likeness (QED) is 0.704. The van der Waals surface area contributed by atoms with Gasteiger partial charge in [-0.25, -0.2) is 8.78 Å². The van der Waals surface area contributed by atoms with Crippen LogP contribution >= 0.6 is 0 Å². The van der Waals surface area contributed by atoms with Gasteiger partial charge in [0.15, 0.2) is 11.6 Å². The lowest BCUT2D eigenvalue weighted by molar-refractivity contribution is 0.587. The van der Waals surface area contributed by atoms with Gasteiger partial charge in [-0.2, -0.15) is 9.78 Å². The average molecular weight is 277 g/mol. The third-order valence-corrected chi connectivity index (χ3v) is 2.71. The van der Waals surface area contributed by atoms with Crippen LogP contribution < -0.4 is 5.73 Å². The zero-order valence-electron chi connectivity index (χ0n) is 10.3. The standard InChI is InChI=1S/C11H9F2N7/c1-19-3-2-10(16-19)20-11(15-17-18-20)6-4-9(14)8(13)5-7(6)12/h2-5H,14H2,1H3. The molecule has 0 atom stereocenters. The number of aromatic nitrogens is 6. The predicted octanol–water partition coefficient (Wildman–Crippen LogP) is 0.923. The van der Waals surface area contributed by atoms with Gasteiger partial charge in [-0.05, 0) is 16.5 Å².